The fraction of sp³-hybridized carbons (Fsp3) is 0.267. The molecular weight excluding hydrogens is 244 g/mol. The topological polar surface area (TPSA) is 66.8 Å². The molecule has 0 aromatic heterocycles. The Bertz CT molecular complexity index is 541. The number of aliphatic hydroxyl groups is 2. The highest BCUT2D eigenvalue weighted by Gasteiger charge is 2.42. The van der Waals surface area contributed by atoms with Crippen molar-refractivity contribution in [2.45, 2.75) is 18.6 Å². The Labute approximate surface area is 111 Å². The zero-order valence-corrected chi connectivity index (χ0v) is 10.8. The molecule has 0 radical (unpaired) electrons. The maximum atomic E-state index is 11.2. The van der Waals surface area contributed by atoms with Gasteiger partial charge in [0.25, 0.3) is 0 Å². The average molecular weight is 260 g/mol. The maximum absolute atomic E-state index is 11.2. The van der Waals surface area contributed by atoms with Gasteiger partial charge in [0.05, 0.1) is 7.11 Å². The van der Waals surface area contributed by atoms with Gasteiger partial charge in [0.15, 0.2) is 0 Å². The van der Waals surface area contributed by atoms with E-state index in [-0.39, 0.29) is 11.3 Å². The number of allylic oxidation sites excluding steroid dienone is 2. The van der Waals surface area contributed by atoms with Gasteiger partial charge in [0, 0.05) is 5.57 Å². The van der Waals surface area contributed by atoms with Crippen LogP contribution in [0.25, 0.3) is 5.57 Å². The van der Waals surface area contributed by atoms with Gasteiger partial charge < -0.3 is 14.9 Å². The SMILES string of the molecule is COC1=CC(c2ccccc2)=C(C=O)C(O)C1(C)O. The maximum Gasteiger partial charge on any atom is 0.149 e. The fourth-order valence-corrected chi connectivity index (χ4v) is 2.21. The molecule has 0 bridgehead atoms. The van der Waals surface area contributed by atoms with Crippen molar-refractivity contribution in [2.75, 3.05) is 7.11 Å². The van der Waals surface area contributed by atoms with Crippen molar-refractivity contribution in [1.29, 1.82) is 0 Å². The Hall–Kier alpha value is -1.91. The van der Waals surface area contributed by atoms with E-state index in [2.05, 4.69) is 0 Å². The summed E-state index contributed by atoms with van der Waals surface area (Å²) in [5.41, 5.74) is -0.110. The van der Waals surface area contributed by atoms with Gasteiger partial charge in [-0.2, -0.15) is 0 Å². The summed E-state index contributed by atoms with van der Waals surface area (Å²) in [6.45, 7) is 1.41. The molecule has 0 saturated carbocycles. The number of ether oxygens (including phenoxy) is 1. The van der Waals surface area contributed by atoms with Crippen molar-refractivity contribution >= 4 is 11.9 Å². The number of rotatable bonds is 3. The van der Waals surface area contributed by atoms with E-state index < -0.39 is 11.7 Å². The molecule has 1 aromatic carbocycles. The lowest BCUT2D eigenvalue weighted by molar-refractivity contribution is -0.108. The number of carbonyl (C=O) groups excluding carboxylic acids is 1. The Morgan fingerprint density at radius 3 is 2.47 bits per heavy atom. The van der Waals surface area contributed by atoms with Crippen molar-refractivity contribution in [3.63, 3.8) is 0 Å². The van der Waals surface area contributed by atoms with Crippen molar-refractivity contribution in [1.82, 2.24) is 0 Å². The lowest BCUT2D eigenvalue weighted by Crippen LogP contribution is -2.45. The molecule has 2 atom stereocenters. The molecule has 0 aliphatic heterocycles. The van der Waals surface area contributed by atoms with E-state index >= 15 is 0 Å². The van der Waals surface area contributed by atoms with Crippen molar-refractivity contribution in [3.8, 4) is 0 Å². The van der Waals surface area contributed by atoms with E-state index in [1.165, 1.54) is 14.0 Å². The Morgan fingerprint density at radius 1 is 1.32 bits per heavy atom. The normalized spacial score (nSPS) is 26.9. The smallest absolute Gasteiger partial charge is 0.149 e. The van der Waals surface area contributed by atoms with Gasteiger partial charge in [-0.15, -0.1) is 0 Å². The number of hydrogen-bond donors (Lipinski definition) is 2. The van der Waals surface area contributed by atoms with Crippen molar-refractivity contribution in [2.24, 2.45) is 0 Å². The van der Waals surface area contributed by atoms with Crippen LogP contribution in [0.3, 0.4) is 0 Å². The van der Waals surface area contributed by atoms with Gasteiger partial charge in [0.2, 0.25) is 0 Å². The molecule has 4 heteroatoms. The molecular formula is C15H16O4. The molecule has 100 valence electrons. The molecule has 1 aliphatic rings. The highest BCUT2D eigenvalue weighted by Crippen LogP contribution is 2.36. The van der Waals surface area contributed by atoms with Crippen LogP contribution in [0.1, 0.15) is 12.5 Å². The molecule has 4 nitrogen and oxygen atoms in total. The van der Waals surface area contributed by atoms with E-state index in [1.807, 2.05) is 30.3 Å². The minimum atomic E-state index is -1.61. The first-order valence-electron chi connectivity index (χ1n) is 5.93. The quantitative estimate of drug-likeness (QED) is 0.804. The molecule has 0 saturated heterocycles. The van der Waals surface area contributed by atoms with Crippen LogP contribution in [0.4, 0.5) is 0 Å². The number of benzene rings is 1. The van der Waals surface area contributed by atoms with Crippen LogP contribution in [-0.2, 0) is 9.53 Å². The second-order valence-corrected chi connectivity index (χ2v) is 4.62. The summed E-state index contributed by atoms with van der Waals surface area (Å²) in [6.07, 6.45) is 0.844. The van der Waals surface area contributed by atoms with Crippen LogP contribution in [0, 0.1) is 0 Å². The fourth-order valence-electron chi connectivity index (χ4n) is 2.21. The van der Waals surface area contributed by atoms with Gasteiger partial charge in [0.1, 0.15) is 23.8 Å². The summed E-state index contributed by atoms with van der Waals surface area (Å²) in [4.78, 5) is 11.2. The van der Waals surface area contributed by atoms with Gasteiger partial charge >= 0.3 is 0 Å². The summed E-state index contributed by atoms with van der Waals surface area (Å²) in [5.74, 6) is 0.226. The first kappa shape index (κ1) is 13.5. The summed E-state index contributed by atoms with van der Waals surface area (Å²) >= 11 is 0. The van der Waals surface area contributed by atoms with Crippen LogP contribution in [-0.4, -0.2) is 35.3 Å². The minimum Gasteiger partial charge on any atom is -0.498 e. The van der Waals surface area contributed by atoms with Crippen LogP contribution in [0.15, 0.2) is 47.7 Å². The third-order valence-corrected chi connectivity index (χ3v) is 3.34. The van der Waals surface area contributed by atoms with E-state index in [0.29, 0.717) is 11.9 Å². The first-order valence-corrected chi connectivity index (χ1v) is 5.93. The summed E-state index contributed by atoms with van der Waals surface area (Å²) in [5, 5.41) is 20.4. The molecule has 2 N–H and O–H groups in total. The summed E-state index contributed by atoms with van der Waals surface area (Å²) in [6, 6.07) is 9.19. The predicted octanol–water partition coefficient (Wildman–Crippen LogP) is 1.29. The van der Waals surface area contributed by atoms with Gasteiger partial charge in [-0.1, -0.05) is 30.3 Å². The molecule has 0 spiro atoms. The number of hydrogen-bond acceptors (Lipinski definition) is 4. The predicted molar refractivity (Wildman–Crippen MR) is 71.1 cm³/mol. The molecule has 0 fully saturated rings. The van der Waals surface area contributed by atoms with Crippen LogP contribution >= 0.6 is 0 Å². The van der Waals surface area contributed by atoms with Gasteiger partial charge in [-0.3, -0.25) is 4.79 Å². The first-order chi connectivity index (χ1) is 9.02. The van der Waals surface area contributed by atoms with E-state index in [0.717, 1.165) is 5.56 Å². The lowest BCUT2D eigenvalue weighted by atomic mass is 9.81. The average Bonchev–Trinajstić information content (AvgIpc) is 2.42. The number of aldehydes is 1. The van der Waals surface area contributed by atoms with E-state index in [9.17, 15) is 15.0 Å². The van der Waals surface area contributed by atoms with Crippen molar-refractivity contribution in [3.05, 3.63) is 53.3 Å². The molecule has 2 unspecified atom stereocenters. The summed E-state index contributed by atoms with van der Waals surface area (Å²) in [7, 11) is 1.42. The number of methoxy groups -OCH3 is 1. The number of carbonyl (C=O) groups is 1. The Balaban J connectivity index is 2.63. The van der Waals surface area contributed by atoms with Crippen LogP contribution < -0.4 is 0 Å². The summed E-state index contributed by atoms with van der Waals surface area (Å²) < 4.78 is 5.12. The van der Waals surface area contributed by atoms with Gasteiger partial charge in [-0.05, 0) is 24.1 Å². The molecule has 1 aromatic rings. The number of aliphatic hydroxyl groups excluding tert-OH is 1. The molecule has 0 heterocycles. The molecule has 1 aliphatic carbocycles. The second-order valence-electron chi connectivity index (χ2n) is 4.62. The van der Waals surface area contributed by atoms with Crippen LogP contribution in [0.2, 0.25) is 0 Å². The molecule has 19 heavy (non-hydrogen) atoms. The highest BCUT2D eigenvalue weighted by atomic mass is 16.5. The standard InChI is InChI=1S/C15H16O4/c1-15(18)13(19-2)8-11(12(9-16)14(15)17)10-6-4-3-5-7-10/h3-9,14,17-18H,1-2H3. The zero-order chi connectivity index (χ0) is 14.0. The highest BCUT2D eigenvalue weighted by molar-refractivity contribution is 5.95. The third-order valence-electron chi connectivity index (χ3n) is 3.34. The van der Waals surface area contributed by atoms with Crippen LogP contribution in [0.5, 0.6) is 0 Å². The minimum absolute atomic E-state index is 0.150. The second kappa shape index (κ2) is 4.99. The Morgan fingerprint density at radius 2 is 1.95 bits per heavy atom. The van der Waals surface area contributed by atoms with E-state index in [1.54, 1.807) is 6.08 Å². The lowest BCUT2D eigenvalue weighted by Gasteiger charge is -2.35. The van der Waals surface area contributed by atoms with E-state index in [4.69, 9.17) is 4.74 Å². The van der Waals surface area contributed by atoms with Gasteiger partial charge in [-0.25, -0.2) is 0 Å². The largest absolute Gasteiger partial charge is 0.498 e. The van der Waals surface area contributed by atoms with Crippen molar-refractivity contribution < 1.29 is 19.7 Å². The zero-order valence-electron chi connectivity index (χ0n) is 10.8. The molecule has 2 rings (SSSR count). The Kier molecular flexibility index (Phi) is 3.55. The monoisotopic (exact) mass is 260 g/mol. The third kappa shape index (κ3) is 2.20. The molecule has 0 amide bonds.